The molecule has 0 fully saturated rings. The summed E-state index contributed by atoms with van der Waals surface area (Å²) in [6.45, 7) is 6.15. The average Bonchev–Trinajstić information content (AvgIpc) is 2.41. The van der Waals surface area contributed by atoms with Gasteiger partial charge in [-0.15, -0.1) is 0 Å². The van der Waals surface area contributed by atoms with Crippen molar-refractivity contribution in [1.29, 1.82) is 0 Å². The fourth-order valence-electron chi connectivity index (χ4n) is 2.51. The minimum absolute atomic E-state index is 0.189. The van der Waals surface area contributed by atoms with Gasteiger partial charge in [-0.3, -0.25) is 10.8 Å². The summed E-state index contributed by atoms with van der Waals surface area (Å²) in [6.07, 6.45) is 1.80. The first-order chi connectivity index (χ1) is 9.56. The number of ether oxygens (including phenoxy) is 1. The fraction of sp³-hybridized carbons (Fsp3) is 0.312. The van der Waals surface area contributed by atoms with Crippen molar-refractivity contribution in [3.05, 3.63) is 58.4 Å². The third kappa shape index (κ3) is 2.81. The zero-order valence-electron chi connectivity index (χ0n) is 12.4. The van der Waals surface area contributed by atoms with Crippen LogP contribution in [0, 0.1) is 20.8 Å². The Morgan fingerprint density at radius 3 is 2.50 bits per heavy atom. The molecule has 0 aliphatic rings. The van der Waals surface area contributed by atoms with E-state index in [1.807, 2.05) is 25.1 Å². The summed E-state index contributed by atoms with van der Waals surface area (Å²) in [7, 11) is 1.68. The summed E-state index contributed by atoms with van der Waals surface area (Å²) in [5.41, 5.74) is 8.22. The quantitative estimate of drug-likeness (QED) is 0.663. The second-order valence-electron chi connectivity index (χ2n) is 5.06. The Balaban J connectivity index is 2.57. The van der Waals surface area contributed by atoms with E-state index in [-0.39, 0.29) is 6.04 Å². The lowest BCUT2D eigenvalue weighted by Crippen LogP contribution is -2.30. The smallest absolute Gasteiger partial charge is 0.124 e. The Hall–Kier alpha value is -1.91. The van der Waals surface area contributed by atoms with Crippen molar-refractivity contribution in [3.63, 3.8) is 0 Å². The second-order valence-corrected chi connectivity index (χ2v) is 5.06. The van der Waals surface area contributed by atoms with Crippen molar-refractivity contribution in [3.8, 4) is 5.75 Å². The highest BCUT2D eigenvalue weighted by molar-refractivity contribution is 5.47. The highest BCUT2D eigenvalue weighted by Gasteiger charge is 2.21. The van der Waals surface area contributed by atoms with Gasteiger partial charge < -0.3 is 4.74 Å². The number of aromatic nitrogens is 1. The third-order valence-electron chi connectivity index (χ3n) is 3.40. The molecular weight excluding hydrogens is 250 g/mol. The minimum atomic E-state index is -0.189. The summed E-state index contributed by atoms with van der Waals surface area (Å²) in [6, 6.07) is 7.95. The summed E-state index contributed by atoms with van der Waals surface area (Å²) >= 11 is 0. The summed E-state index contributed by atoms with van der Waals surface area (Å²) in [5, 5.41) is 0. The molecule has 1 heterocycles. The van der Waals surface area contributed by atoms with Gasteiger partial charge in [-0.25, -0.2) is 5.43 Å². The van der Waals surface area contributed by atoms with Crippen molar-refractivity contribution in [2.45, 2.75) is 26.8 Å². The largest absolute Gasteiger partial charge is 0.496 e. The van der Waals surface area contributed by atoms with Gasteiger partial charge >= 0.3 is 0 Å². The third-order valence-corrected chi connectivity index (χ3v) is 3.40. The van der Waals surface area contributed by atoms with Crippen LogP contribution in [0.2, 0.25) is 0 Å². The molecule has 0 saturated carbocycles. The lowest BCUT2D eigenvalue weighted by Gasteiger charge is -2.21. The van der Waals surface area contributed by atoms with Crippen LogP contribution in [0.15, 0.2) is 30.5 Å². The number of nitrogens with zero attached hydrogens (tertiary/aromatic N) is 1. The van der Waals surface area contributed by atoms with E-state index < -0.39 is 0 Å². The average molecular weight is 271 g/mol. The van der Waals surface area contributed by atoms with Gasteiger partial charge in [0, 0.05) is 11.8 Å². The zero-order valence-corrected chi connectivity index (χ0v) is 12.4. The van der Waals surface area contributed by atoms with Gasteiger partial charge in [-0.05, 0) is 55.7 Å². The molecule has 0 amide bonds. The standard InChI is InChI=1S/C16H21N3O/c1-10-5-6-18-13(8-10)16(19-17)15-12(3)7-11(2)9-14(15)20-4/h5-9,16,19H,17H2,1-4H3. The van der Waals surface area contributed by atoms with Crippen LogP contribution in [-0.4, -0.2) is 12.1 Å². The van der Waals surface area contributed by atoms with Crippen molar-refractivity contribution in [2.24, 2.45) is 5.84 Å². The Labute approximate surface area is 120 Å². The monoisotopic (exact) mass is 271 g/mol. The molecule has 2 aromatic rings. The molecule has 4 heteroatoms. The molecular formula is C16H21N3O. The van der Waals surface area contributed by atoms with E-state index in [9.17, 15) is 0 Å². The Bertz CT molecular complexity index is 611. The highest BCUT2D eigenvalue weighted by Crippen LogP contribution is 2.32. The van der Waals surface area contributed by atoms with Gasteiger partial charge in [0.05, 0.1) is 18.8 Å². The van der Waals surface area contributed by atoms with Crippen LogP contribution in [-0.2, 0) is 0 Å². The first-order valence-corrected chi connectivity index (χ1v) is 6.60. The van der Waals surface area contributed by atoms with Gasteiger partial charge in [0.1, 0.15) is 5.75 Å². The second kappa shape index (κ2) is 6.03. The van der Waals surface area contributed by atoms with E-state index >= 15 is 0 Å². The Kier molecular flexibility index (Phi) is 4.37. The molecule has 1 aromatic carbocycles. The van der Waals surface area contributed by atoms with E-state index in [0.717, 1.165) is 33.7 Å². The van der Waals surface area contributed by atoms with Gasteiger partial charge in [0.2, 0.25) is 0 Å². The number of pyridine rings is 1. The fourth-order valence-corrected chi connectivity index (χ4v) is 2.51. The molecule has 1 unspecified atom stereocenters. The van der Waals surface area contributed by atoms with Gasteiger partial charge in [0.15, 0.2) is 0 Å². The van der Waals surface area contributed by atoms with Gasteiger partial charge in [0.25, 0.3) is 0 Å². The lowest BCUT2D eigenvalue weighted by molar-refractivity contribution is 0.402. The molecule has 0 bridgehead atoms. The summed E-state index contributed by atoms with van der Waals surface area (Å²) in [4.78, 5) is 4.43. The Morgan fingerprint density at radius 2 is 1.90 bits per heavy atom. The van der Waals surface area contributed by atoms with Crippen molar-refractivity contribution in [1.82, 2.24) is 10.4 Å². The van der Waals surface area contributed by atoms with E-state index in [2.05, 4.69) is 30.3 Å². The normalized spacial score (nSPS) is 12.2. The molecule has 20 heavy (non-hydrogen) atoms. The highest BCUT2D eigenvalue weighted by atomic mass is 16.5. The van der Waals surface area contributed by atoms with Crippen LogP contribution >= 0.6 is 0 Å². The predicted molar refractivity (Wildman–Crippen MR) is 80.6 cm³/mol. The number of hydrogen-bond donors (Lipinski definition) is 2. The number of nitrogens with two attached hydrogens (primary N) is 1. The number of rotatable bonds is 4. The molecule has 4 nitrogen and oxygen atoms in total. The summed E-state index contributed by atoms with van der Waals surface area (Å²) < 4.78 is 5.52. The molecule has 1 atom stereocenters. The van der Waals surface area contributed by atoms with E-state index in [1.54, 1.807) is 13.3 Å². The first-order valence-electron chi connectivity index (χ1n) is 6.60. The molecule has 0 saturated heterocycles. The lowest BCUT2D eigenvalue weighted by atomic mass is 9.95. The SMILES string of the molecule is COc1cc(C)cc(C)c1C(NN)c1cc(C)ccn1. The Morgan fingerprint density at radius 1 is 1.15 bits per heavy atom. The van der Waals surface area contributed by atoms with Gasteiger partial charge in [-0.2, -0.15) is 0 Å². The molecule has 0 aliphatic heterocycles. The van der Waals surface area contributed by atoms with Crippen LogP contribution in [0.4, 0.5) is 0 Å². The van der Waals surface area contributed by atoms with Crippen molar-refractivity contribution < 1.29 is 4.74 Å². The molecule has 0 spiro atoms. The number of benzene rings is 1. The molecule has 0 radical (unpaired) electrons. The van der Waals surface area contributed by atoms with E-state index in [4.69, 9.17) is 10.6 Å². The van der Waals surface area contributed by atoms with E-state index in [0.29, 0.717) is 0 Å². The molecule has 2 rings (SSSR count). The van der Waals surface area contributed by atoms with E-state index in [1.165, 1.54) is 0 Å². The molecule has 0 aliphatic carbocycles. The topological polar surface area (TPSA) is 60.2 Å². The predicted octanol–water partition coefficient (Wildman–Crippen LogP) is 2.57. The number of aryl methyl sites for hydroxylation is 3. The maximum atomic E-state index is 5.77. The van der Waals surface area contributed by atoms with Crippen LogP contribution in [0.5, 0.6) is 5.75 Å². The number of nitrogens with one attached hydrogen (secondary N) is 1. The number of methoxy groups -OCH3 is 1. The van der Waals surface area contributed by atoms with Gasteiger partial charge in [-0.1, -0.05) is 6.07 Å². The molecule has 1 aromatic heterocycles. The molecule has 106 valence electrons. The van der Waals surface area contributed by atoms with Crippen LogP contribution < -0.4 is 16.0 Å². The molecule has 3 N–H and O–H groups in total. The minimum Gasteiger partial charge on any atom is -0.496 e. The van der Waals surface area contributed by atoms with Crippen LogP contribution in [0.3, 0.4) is 0 Å². The maximum Gasteiger partial charge on any atom is 0.124 e. The maximum absolute atomic E-state index is 5.77. The van der Waals surface area contributed by atoms with Crippen molar-refractivity contribution in [2.75, 3.05) is 7.11 Å². The summed E-state index contributed by atoms with van der Waals surface area (Å²) in [5.74, 6) is 6.60. The number of hydrazine groups is 1. The van der Waals surface area contributed by atoms with Crippen LogP contribution in [0.1, 0.15) is 34.0 Å². The zero-order chi connectivity index (χ0) is 14.7. The number of hydrogen-bond acceptors (Lipinski definition) is 4. The van der Waals surface area contributed by atoms with Crippen LogP contribution in [0.25, 0.3) is 0 Å². The van der Waals surface area contributed by atoms with Crippen molar-refractivity contribution >= 4 is 0 Å². The first kappa shape index (κ1) is 14.5.